The molecule has 3 aromatic rings. The number of amides is 1. The van der Waals surface area contributed by atoms with Crippen LogP contribution in [0.25, 0.3) is 0 Å². The quantitative estimate of drug-likeness (QED) is 0.602. The van der Waals surface area contributed by atoms with Crippen LogP contribution in [0, 0.1) is 5.82 Å². The summed E-state index contributed by atoms with van der Waals surface area (Å²) in [7, 11) is 0. The molecule has 0 fully saturated rings. The van der Waals surface area contributed by atoms with Gasteiger partial charge < -0.3 is 10.1 Å². The van der Waals surface area contributed by atoms with Gasteiger partial charge in [-0.05, 0) is 59.5 Å². The van der Waals surface area contributed by atoms with Gasteiger partial charge in [-0.3, -0.25) is 4.79 Å². The highest BCUT2D eigenvalue weighted by Gasteiger charge is 2.14. The predicted molar refractivity (Wildman–Crippen MR) is 106 cm³/mol. The number of halogens is 1. The molecule has 0 bridgehead atoms. The van der Waals surface area contributed by atoms with Gasteiger partial charge in [-0.2, -0.15) is 0 Å². The number of carbonyl (C=O) groups excluding carboxylic acids is 1. The smallest absolute Gasteiger partial charge is 0.255 e. The van der Waals surface area contributed by atoms with E-state index in [0.717, 1.165) is 0 Å². The molecule has 1 N–H and O–H groups in total. The van der Waals surface area contributed by atoms with Crippen molar-refractivity contribution in [1.82, 2.24) is 0 Å². The summed E-state index contributed by atoms with van der Waals surface area (Å²) < 4.78 is 19.1. The van der Waals surface area contributed by atoms with Gasteiger partial charge in [0.15, 0.2) is 11.6 Å². The number of anilines is 1. The lowest BCUT2D eigenvalue weighted by atomic mass is 9.87. The largest absolute Gasteiger partial charge is 0.454 e. The summed E-state index contributed by atoms with van der Waals surface area (Å²) in [6, 6.07) is 20.6. The molecule has 0 aliphatic rings. The molecule has 0 atom stereocenters. The van der Waals surface area contributed by atoms with Crippen molar-refractivity contribution < 1.29 is 13.9 Å². The lowest BCUT2D eigenvalue weighted by Crippen LogP contribution is -2.14. The molecular weight excluding hydrogens is 341 g/mol. The van der Waals surface area contributed by atoms with Crippen LogP contribution >= 0.6 is 0 Å². The summed E-state index contributed by atoms with van der Waals surface area (Å²) in [5.41, 5.74) is 2.45. The van der Waals surface area contributed by atoms with Crippen LogP contribution in [0.4, 0.5) is 10.1 Å². The number of benzene rings is 3. The molecule has 0 radical (unpaired) electrons. The van der Waals surface area contributed by atoms with E-state index in [2.05, 4.69) is 26.1 Å². The molecule has 3 nitrogen and oxygen atoms in total. The lowest BCUT2D eigenvalue weighted by Gasteiger charge is -2.19. The summed E-state index contributed by atoms with van der Waals surface area (Å²) in [6.45, 7) is 6.40. The van der Waals surface area contributed by atoms with Gasteiger partial charge in [-0.15, -0.1) is 0 Å². The summed E-state index contributed by atoms with van der Waals surface area (Å²) in [5.74, 6) is 0.0488. The Morgan fingerprint density at radius 3 is 2.11 bits per heavy atom. The average Bonchev–Trinajstić information content (AvgIpc) is 2.64. The highest BCUT2D eigenvalue weighted by molar-refractivity contribution is 6.04. The molecule has 4 heteroatoms. The molecule has 3 aromatic carbocycles. The van der Waals surface area contributed by atoms with Gasteiger partial charge in [0.05, 0.1) is 0 Å². The van der Waals surface area contributed by atoms with Crippen LogP contribution in [0.3, 0.4) is 0 Å². The van der Waals surface area contributed by atoms with E-state index < -0.39 is 5.82 Å². The zero-order valence-corrected chi connectivity index (χ0v) is 15.6. The standard InChI is InChI=1S/C23H22FNO2/c1-23(2,3)17-10-8-16(9-11-17)22(26)25-18-12-14-19(15-13-18)27-21-7-5-4-6-20(21)24/h4-15H,1-3H3,(H,25,26). The van der Waals surface area contributed by atoms with E-state index in [1.54, 1.807) is 42.5 Å². The van der Waals surface area contributed by atoms with Crippen molar-refractivity contribution >= 4 is 11.6 Å². The maximum Gasteiger partial charge on any atom is 0.255 e. The third-order valence-corrected chi connectivity index (χ3v) is 4.19. The van der Waals surface area contributed by atoms with Crippen molar-refractivity contribution in [3.8, 4) is 11.5 Å². The van der Waals surface area contributed by atoms with Gasteiger partial charge in [-0.25, -0.2) is 4.39 Å². The lowest BCUT2D eigenvalue weighted by molar-refractivity contribution is 0.102. The second-order valence-electron chi connectivity index (χ2n) is 7.34. The first-order valence-electron chi connectivity index (χ1n) is 8.77. The molecule has 27 heavy (non-hydrogen) atoms. The molecule has 0 aromatic heterocycles. The van der Waals surface area contributed by atoms with Gasteiger partial charge >= 0.3 is 0 Å². The zero-order chi connectivity index (χ0) is 19.4. The van der Waals surface area contributed by atoms with E-state index in [1.807, 2.05) is 24.3 Å². The molecule has 1 amide bonds. The number of rotatable bonds is 4. The van der Waals surface area contributed by atoms with Gasteiger partial charge in [0, 0.05) is 11.3 Å². The fraction of sp³-hybridized carbons (Fsp3) is 0.174. The van der Waals surface area contributed by atoms with E-state index in [1.165, 1.54) is 11.6 Å². The first kappa shape index (κ1) is 18.6. The number of para-hydroxylation sites is 1. The minimum Gasteiger partial charge on any atom is -0.454 e. The molecule has 0 spiro atoms. The van der Waals surface area contributed by atoms with Crippen LogP contribution in [0.15, 0.2) is 72.8 Å². The minimum absolute atomic E-state index is 0.0447. The Balaban J connectivity index is 1.66. The van der Waals surface area contributed by atoms with Crippen LogP contribution in [0.1, 0.15) is 36.7 Å². The molecule has 3 rings (SSSR count). The molecule has 0 saturated heterocycles. The van der Waals surface area contributed by atoms with Crippen molar-refractivity contribution in [2.75, 3.05) is 5.32 Å². The Labute approximate surface area is 158 Å². The summed E-state index contributed by atoms with van der Waals surface area (Å²) in [4.78, 5) is 12.4. The summed E-state index contributed by atoms with van der Waals surface area (Å²) >= 11 is 0. The third-order valence-electron chi connectivity index (χ3n) is 4.19. The highest BCUT2D eigenvalue weighted by Crippen LogP contribution is 2.26. The van der Waals surface area contributed by atoms with E-state index in [4.69, 9.17) is 4.74 Å². The molecule has 0 aliphatic carbocycles. The molecule has 138 valence electrons. The van der Waals surface area contributed by atoms with E-state index in [-0.39, 0.29) is 17.1 Å². The van der Waals surface area contributed by atoms with Gasteiger partial charge in [0.2, 0.25) is 0 Å². The fourth-order valence-electron chi connectivity index (χ4n) is 2.59. The summed E-state index contributed by atoms with van der Waals surface area (Å²) in [5, 5.41) is 2.85. The molecule has 0 heterocycles. The molecule has 0 saturated carbocycles. The maximum atomic E-state index is 13.6. The maximum absolute atomic E-state index is 13.6. The van der Waals surface area contributed by atoms with Crippen LogP contribution in [0.2, 0.25) is 0 Å². The van der Waals surface area contributed by atoms with Crippen LogP contribution in [-0.2, 0) is 5.41 Å². The number of ether oxygens (including phenoxy) is 1. The van der Waals surface area contributed by atoms with Crippen LogP contribution < -0.4 is 10.1 Å². The molecule has 0 unspecified atom stereocenters. The van der Waals surface area contributed by atoms with Crippen molar-refractivity contribution in [2.24, 2.45) is 0 Å². The Hall–Kier alpha value is -3.14. The number of nitrogens with one attached hydrogen (secondary N) is 1. The zero-order valence-electron chi connectivity index (χ0n) is 15.6. The third kappa shape index (κ3) is 4.73. The Morgan fingerprint density at radius 1 is 0.889 bits per heavy atom. The topological polar surface area (TPSA) is 38.3 Å². The number of hydrogen-bond acceptors (Lipinski definition) is 2. The minimum atomic E-state index is -0.423. The molecule has 0 aliphatic heterocycles. The normalized spacial score (nSPS) is 11.1. The first-order chi connectivity index (χ1) is 12.8. The van der Waals surface area contributed by atoms with E-state index in [0.29, 0.717) is 17.0 Å². The van der Waals surface area contributed by atoms with Gasteiger partial charge in [0.1, 0.15) is 5.75 Å². The van der Waals surface area contributed by atoms with E-state index in [9.17, 15) is 9.18 Å². The summed E-state index contributed by atoms with van der Waals surface area (Å²) in [6.07, 6.45) is 0. The average molecular weight is 363 g/mol. The Kier molecular flexibility index (Phi) is 5.26. The van der Waals surface area contributed by atoms with Crippen LogP contribution in [-0.4, -0.2) is 5.91 Å². The number of carbonyl (C=O) groups is 1. The predicted octanol–water partition coefficient (Wildman–Crippen LogP) is 6.17. The van der Waals surface area contributed by atoms with Crippen molar-refractivity contribution in [3.63, 3.8) is 0 Å². The SMILES string of the molecule is CC(C)(C)c1ccc(C(=O)Nc2ccc(Oc3ccccc3F)cc2)cc1. The second kappa shape index (κ2) is 7.62. The number of hydrogen-bond donors (Lipinski definition) is 1. The Morgan fingerprint density at radius 2 is 1.52 bits per heavy atom. The second-order valence-corrected chi connectivity index (χ2v) is 7.34. The monoisotopic (exact) mass is 363 g/mol. The van der Waals surface area contributed by atoms with Crippen molar-refractivity contribution in [2.45, 2.75) is 26.2 Å². The fourth-order valence-corrected chi connectivity index (χ4v) is 2.59. The first-order valence-corrected chi connectivity index (χ1v) is 8.77. The van der Waals surface area contributed by atoms with Gasteiger partial charge in [-0.1, -0.05) is 45.0 Å². The Bertz CT molecular complexity index is 926. The van der Waals surface area contributed by atoms with Crippen molar-refractivity contribution in [3.05, 3.63) is 89.7 Å². The van der Waals surface area contributed by atoms with Crippen molar-refractivity contribution in [1.29, 1.82) is 0 Å². The van der Waals surface area contributed by atoms with Crippen LogP contribution in [0.5, 0.6) is 11.5 Å². The highest BCUT2D eigenvalue weighted by atomic mass is 19.1. The van der Waals surface area contributed by atoms with E-state index >= 15 is 0 Å². The molecular formula is C23H22FNO2. The van der Waals surface area contributed by atoms with Gasteiger partial charge in [0.25, 0.3) is 5.91 Å².